The van der Waals surface area contributed by atoms with E-state index in [0.717, 1.165) is 50.4 Å². The first-order chi connectivity index (χ1) is 11.2. The van der Waals surface area contributed by atoms with Crippen LogP contribution in [-0.2, 0) is 0 Å². The lowest BCUT2D eigenvalue weighted by molar-refractivity contribution is 0.0526. The summed E-state index contributed by atoms with van der Waals surface area (Å²) in [4.78, 5) is 7.37. The first-order valence-corrected chi connectivity index (χ1v) is 9.62. The van der Waals surface area contributed by atoms with Gasteiger partial charge < -0.3 is 20.6 Å². The Balaban J connectivity index is 0.00000208. The average Bonchev–Trinajstić information content (AvgIpc) is 2.91. The summed E-state index contributed by atoms with van der Waals surface area (Å²) in [6.45, 7) is 3.75. The number of aliphatic hydroxyl groups excluding tert-OH is 1. The number of fused-ring (bicyclic) bond motifs is 2. The third-order valence-electron chi connectivity index (χ3n) is 6.13. The van der Waals surface area contributed by atoms with Crippen molar-refractivity contribution in [2.75, 3.05) is 20.1 Å². The maximum Gasteiger partial charge on any atom is 0.191 e. The van der Waals surface area contributed by atoms with Crippen LogP contribution in [0.3, 0.4) is 0 Å². The largest absolute Gasteiger partial charge is 0.393 e. The Morgan fingerprint density at radius 1 is 1.12 bits per heavy atom. The lowest BCUT2D eigenvalue weighted by Crippen LogP contribution is -2.56. The zero-order valence-electron chi connectivity index (χ0n) is 15.2. The van der Waals surface area contributed by atoms with Crippen LogP contribution in [0.5, 0.6) is 0 Å². The fraction of sp³-hybridized carbons (Fsp3) is 0.944. The summed E-state index contributed by atoms with van der Waals surface area (Å²) >= 11 is 0. The van der Waals surface area contributed by atoms with Crippen molar-refractivity contribution >= 4 is 29.9 Å². The molecule has 1 saturated carbocycles. The van der Waals surface area contributed by atoms with Gasteiger partial charge in [-0.05, 0) is 52.5 Å². The van der Waals surface area contributed by atoms with Gasteiger partial charge >= 0.3 is 0 Å². The number of hydrogen-bond acceptors (Lipinski definition) is 3. The first-order valence-electron chi connectivity index (χ1n) is 9.62. The second-order valence-electron chi connectivity index (χ2n) is 7.69. The highest BCUT2D eigenvalue weighted by Crippen LogP contribution is 2.32. The second kappa shape index (κ2) is 9.57. The third-order valence-corrected chi connectivity index (χ3v) is 6.13. The molecule has 3 N–H and O–H groups in total. The molecular formula is C18H35IN4O. The van der Waals surface area contributed by atoms with Crippen LogP contribution in [0, 0.1) is 5.92 Å². The summed E-state index contributed by atoms with van der Waals surface area (Å²) in [5, 5.41) is 17.0. The van der Waals surface area contributed by atoms with Gasteiger partial charge in [0.2, 0.25) is 0 Å². The summed E-state index contributed by atoms with van der Waals surface area (Å²) in [6.07, 6.45) is 9.58. The Kier molecular flexibility index (Phi) is 8.07. The minimum absolute atomic E-state index is 0. The highest BCUT2D eigenvalue weighted by Gasteiger charge is 2.36. The van der Waals surface area contributed by atoms with E-state index in [0.29, 0.717) is 12.0 Å². The van der Waals surface area contributed by atoms with Crippen molar-refractivity contribution in [2.24, 2.45) is 10.9 Å². The van der Waals surface area contributed by atoms with Gasteiger partial charge in [-0.2, -0.15) is 0 Å². The quantitative estimate of drug-likeness (QED) is 0.350. The molecule has 4 atom stereocenters. The summed E-state index contributed by atoms with van der Waals surface area (Å²) in [7, 11) is 2.30. The Morgan fingerprint density at radius 2 is 1.79 bits per heavy atom. The van der Waals surface area contributed by atoms with Crippen molar-refractivity contribution in [2.45, 2.75) is 82.5 Å². The summed E-state index contributed by atoms with van der Waals surface area (Å²) in [5.41, 5.74) is 0. The molecule has 0 amide bonds. The number of hydrogen-bond donors (Lipinski definition) is 3. The number of nitrogens with one attached hydrogen (secondary N) is 2. The molecule has 0 aromatic carbocycles. The topological polar surface area (TPSA) is 59.9 Å². The van der Waals surface area contributed by atoms with Gasteiger partial charge in [-0.15, -0.1) is 24.0 Å². The van der Waals surface area contributed by atoms with E-state index < -0.39 is 0 Å². The number of piperidine rings is 2. The summed E-state index contributed by atoms with van der Waals surface area (Å²) in [5.74, 6) is 1.29. The molecule has 4 unspecified atom stereocenters. The van der Waals surface area contributed by atoms with E-state index in [1.165, 1.54) is 32.1 Å². The van der Waals surface area contributed by atoms with E-state index >= 15 is 0 Å². The molecule has 2 heterocycles. The minimum Gasteiger partial charge on any atom is -0.393 e. The maximum absolute atomic E-state index is 9.98. The fourth-order valence-corrected chi connectivity index (χ4v) is 4.69. The van der Waals surface area contributed by atoms with Crippen LogP contribution in [0.25, 0.3) is 0 Å². The zero-order valence-corrected chi connectivity index (χ0v) is 17.5. The van der Waals surface area contributed by atoms with Crippen LogP contribution < -0.4 is 10.6 Å². The van der Waals surface area contributed by atoms with Gasteiger partial charge in [-0.3, -0.25) is 4.99 Å². The Hall–Kier alpha value is -0.0800. The lowest BCUT2D eigenvalue weighted by Gasteiger charge is -2.47. The number of halogens is 1. The van der Waals surface area contributed by atoms with Crippen molar-refractivity contribution in [3.8, 4) is 0 Å². The standard InChI is InChI=1S/C18H34N4O.HI/c1-3-19-18(20-12-13-6-4-9-17(13)23)21-14-10-15-7-5-8-16(11-14)22(15)2;/h13-17,23H,3-12H2,1-2H3,(H2,19,20,21);1H. The molecule has 2 bridgehead atoms. The van der Waals surface area contributed by atoms with Crippen LogP contribution in [0.1, 0.15) is 58.3 Å². The first kappa shape index (κ1) is 20.2. The van der Waals surface area contributed by atoms with E-state index in [-0.39, 0.29) is 30.1 Å². The van der Waals surface area contributed by atoms with Gasteiger partial charge in [-0.25, -0.2) is 0 Å². The third kappa shape index (κ3) is 4.97. The Bertz CT molecular complexity index is 406. The summed E-state index contributed by atoms with van der Waals surface area (Å²) in [6, 6.07) is 2.01. The van der Waals surface area contributed by atoms with E-state index in [2.05, 4.69) is 29.5 Å². The van der Waals surface area contributed by atoms with Gasteiger partial charge in [0.25, 0.3) is 0 Å². The average molecular weight is 450 g/mol. The number of aliphatic hydroxyl groups is 1. The summed E-state index contributed by atoms with van der Waals surface area (Å²) < 4.78 is 0. The highest BCUT2D eigenvalue weighted by atomic mass is 127. The van der Waals surface area contributed by atoms with Gasteiger partial charge in [0.1, 0.15) is 0 Å². The molecule has 0 radical (unpaired) electrons. The number of guanidine groups is 1. The van der Waals surface area contributed by atoms with Gasteiger partial charge in [-0.1, -0.05) is 12.8 Å². The highest BCUT2D eigenvalue weighted by molar-refractivity contribution is 14.0. The monoisotopic (exact) mass is 450 g/mol. The molecule has 0 aromatic rings. The Labute approximate surface area is 164 Å². The minimum atomic E-state index is -0.149. The predicted molar refractivity (Wildman–Crippen MR) is 110 cm³/mol. The van der Waals surface area contributed by atoms with Crippen molar-refractivity contribution in [3.05, 3.63) is 0 Å². The smallest absolute Gasteiger partial charge is 0.191 e. The van der Waals surface area contributed by atoms with Crippen LogP contribution in [0.15, 0.2) is 4.99 Å². The predicted octanol–water partition coefficient (Wildman–Crippen LogP) is 2.34. The molecule has 1 aliphatic carbocycles. The van der Waals surface area contributed by atoms with E-state index in [4.69, 9.17) is 4.99 Å². The number of aliphatic imine (C=N–C) groups is 1. The van der Waals surface area contributed by atoms with Crippen LogP contribution >= 0.6 is 24.0 Å². The van der Waals surface area contributed by atoms with Crippen molar-refractivity contribution in [3.63, 3.8) is 0 Å². The SMILES string of the molecule is CCNC(=NCC1CCCC1O)NC1CC2CCCC(C1)N2C.I. The van der Waals surface area contributed by atoms with E-state index in [1.807, 2.05) is 0 Å². The molecule has 3 aliphatic rings. The van der Waals surface area contributed by atoms with Crippen molar-refractivity contribution in [1.82, 2.24) is 15.5 Å². The molecule has 5 nitrogen and oxygen atoms in total. The van der Waals surface area contributed by atoms with E-state index in [1.54, 1.807) is 0 Å². The zero-order chi connectivity index (χ0) is 16.2. The molecule has 2 aliphatic heterocycles. The maximum atomic E-state index is 9.98. The number of nitrogens with zero attached hydrogens (tertiary/aromatic N) is 2. The van der Waals surface area contributed by atoms with Gasteiger partial charge in [0.05, 0.1) is 6.10 Å². The molecule has 24 heavy (non-hydrogen) atoms. The molecule has 3 fully saturated rings. The fourth-order valence-electron chi connectivity index (χ4n) is 4.69. The lowest BCUT2D eigenvalue weighted by atomic mass is 9.82. The van der Waals surface area contributed by atoms with Crippen LogP contribution in [0.2, 0.25) is 0 Å². The van der Waals surface area contributed by atoms with Gasteiger partial charge in [0, 0.05) is 37.1 Å². The molecule has 0 aromatic heterocycles. The number of rotatable bonds is 4. The molecule has 2 saturated heterocycles. The molecule has 140 valence electrons. The normalized spacial score (nSPS) is 37.0. The van der Waals surface area contributed by atoms with Crippen molar-refractivity contribution < 1.29 is 5.11 Å². The molecular weight excluding hydrogens is 415 g/mol. The molecule has 6 heteroatoms. The van der Waals surface area contributed by atoms with Crippen LogP contribution in [0.4, 0.5) is 0 Å². The molecule has 3 rings (SSSR count). The van der Waals surface area contributed by atoms with Crippen LogP contribution in [-0.4, -0.2) is 60.3 Å². The molecule has 0 spiro atoms. The van der Waals surface area contributed by atoms with Gasteiger partial charge in [0.15, 0.2) is 5.96 Å². The van der Waals surface area contributed by atoms with E-state index in [9.17, 15) is 5.11 Å². The van der Waals surface area contributed by atoms with Crippen molar-refractivity contribution in [1.29, 1.82) is 0 Å². The second-order valence-corrected chi connectivity index (χ2v) is 7.69. The Morgan fingerprint density at radius 3 is 2.38 bits per heavy atom.